The van der Waals surface area contributed by atoms with Crippen LogP contribution in [0.25, 0.3) is 0 Å². The molecule has 2 aromatic carbocycles. The Bertz CT molecular complexity index is 584. The van der Waals surface area contributed by atoms with E-state index >= 15 is 0 Å². The molecule has 19 heavy (non-hydrogen) atoms. The van der Waals surface area contributed by atoms with Crippen molar-refractivity contribution in [2.24, 2.45) is 0 Å². The van der Waals surface area contributed by atoms with E-state index in [0.29, 0.717) is 15.8 Å². The van der Waals surface area contributed by atoms with Gasteiger partial charge >= 0.3 is 0 Å². The van der Waals surface area contributed by atoms with Crippen molar-refractivity contribution in [2.45, 2.75) is 13.5 Å². The van der Waals surface area contributed by atoms with E-state index in [1.165, 1.54) is 0 Å². The van der Waals surface area contributed by atoms with Crippen molar-refractivity contribution in [3.8, 4) is 11.5 Å². The molecule has 0 saturated carbocycles. The van der Waals surface area contributed by atoms with Gasteiger partial charge in [0.15, 0.2) is 0 Å². The zero-order valence-electron chi connectivity index (χ0n) is 10.8. The SMILES string of the molecule is CNCc1ccc(Oc2cc(Cl)ccc2C)c(Cl)c1. The lowest BCUT2D eigenvalue weighted by atomic mass is 10.2. The summed E-state index contributed by atoms with van der Waals surface area (Å²) in [5, 5.41) is 4.31. The molecular weight excluding hydrogens is 281 g/mol. The molecule has 0 heterocycles. The van der Waals surface area contributed by atoms with Crippen LogP contribution in [0.1, 0.15) is 11.1 Å². The van der Waals surface area contributed by atoms with Gasteiger partial charge in [0.25, 0.3) is 0 Å². The standard InChI is InChI=1S/C15H15Cl2NO/c1-10-3-5-12(16)8-15(10)19-14-6-4-11(9-18-2)7-13(14)17/h3-8,18H,9H2,1-2H3. The Morgan fingerprint density at radius 3 is 2.53 bits per heavy atom. The van der Waals surface area contributed by atoms with E-state index in [9.17, 15) is 0 Å². The Labute approximate surface area is 123 Å². The van der Waals surface area contributed by atoms with E-state index in [-0.39, 0.29) is 0 Å². The average Bonchev–Trinajstić information content (AvgIpc) is 2.37. The molecule has 0 saturated heterocycles. The highest BCUT2D eigenvalue weighted by Crippen LogP contribution is 2.33. The molecule has 0 aliphatic rings. The molecule has 2 nitrogen and oxygen atoms in total. The summed E-state index contributed by atoms with van der Waals surface area (Å²) in [5.41, 5.74) is 2.13. The van der Waals surface area contributed by atoms with Crippen LogP contribution in [0.5, 0.6) is 11.5 Å². The molecule has 2 aromatic rings. The molecule has 0 aliphatic carbocycles. The summed E-state index contributed by atoms with van der Waals surface area (Å²) >= 11 is 12.2. The third-order valence-electron chi connectivity index (χ3n) is 2.75. The van der Waals surface area contributed by atoms with E-state index in [1.54, 1.807) is 6.07 Å². The second-order valence-electron chi connectivity index (χ2n) is 4.31. The molecule has 4 heteroatoms. The summed E-state index contributed by atoms with van der Waals surface area (Å²) in [4.78, 5) is 0. The lowest BCUT2D eigenvalue weighted by Crippen LogP contribution is -2.04. The normalized spacial score (nSPS) is 10.5. The first-order chi connectivity index (χ1) is 9.10. The Balaban J connectivity index is 2.25. The zero-order chi connectivity index (χ0) is 13.8. The van der Waals surface area contributed by atoms with Gasteiger partial charge in [-0.15, -0.1) is 0 Å². The predicted octanol–water partition coefficient (Wildman–Crippen LogP) is 4.81. The van der Waals surface area contributed by atoms with E-state index in [2.05, 4.69) is 5.32 Å². The molecule has 0 aromatic heterocycles. The second kappa shape index (κ2) is 6.29. The van der Waals surface area contributed by atoms with Crippen LogP contribution in [-0.4, -0.2) is 7.05 Å². The fourth-order valence-corrected chi connectivity index (χ4v) is 2.15. The molecule has 0 atom stereocenters. The Hall–Kier alpha value is -1.22. The van der Waals surface area contributed by atoms with Crippen molar-refractivity contribution in [2.75, 3.05) is 7.05 Å². The molecule has 0 spiro atoms. The average molecular weight is 296 g/mol. The van der Waals surface area contributed by atoms with E-state index in [0.717, 1.165) is 23.4 Å². The minimum absolute atomic E-state index is 0.590. The fourth-order valence-electron chi connectivity index (χ4n) is 1.74. The number of nitrogens with one attached hydrogen (secondary N) is 1. The summed E-state index contributed by atoms with van der Waals surface area (Å²) in [6.07, 6.45) is 0. The maximum Gasteiger partial charge on any atom is 0.146 e. The highest BCUT2D eigenvalue weighted by atomic mass is 35.5. The van der Waals surface area contributed by atoms with Crippen molar-refractivity contribution < 1.29 is 4.74 Å². The van der Waals surface area contributed by atoms with Gasteiger partial charge in [-0.2, -0.15) is 0 Å². The highest BCUT2D eigenvalue weighted by Gasteiger charge is 2.07. The topological polar surface area (TPSA) is 21.3 Å². The van der Waals surface area contributed by atoms with Crippen molar-refractivity contribution in [3.63, 3.8) is 0 Å². The van der Waals surface area contributed by atoms with Crippen LogP contribution in [0.4, 0.5) is 0 Å². The fraction of sp³-hybridized carbons (Fsp3) is 0.200. The number of halogens is 2. The maximum absolute atomic E-state index is 6.22. The first kappa shape index (κ1) is 14.2. The van der Waals surface area contributed by atoms with Crippen LogP contribution in [-0.2, 0) is 6.54 Å². The third kappa shape index (κ3) is 3.63. The lowest BCUT2D eigenvalue weighted by Gasteiger charge is -2.11. The van der Waals surface area contributed by atoms with Gasteiger partial charge in [-0.1, -0.05) is 35.3 Å². The van der Waals surface area contributed by atoms with Crippen molar-refractivity contribution in [1.82, 2.24) is 5.32 Å². The van der Waals surface area contributed by atoms with Crippen LogP contribution < -0.4 is 10.1 Å². The molecule has 1 N–H and O–H groups in total. The van der Waals surface area contributed by atoms with Crippen LogP contribution >= 0.6 is 23.2 Å². The van der Waals surface area contributed by atoms with Crippen molar-refractivity contribution in [3.05, 3.63) is 57.6 Å². The van der Waals surface area contributed by atoms with Gasteiger partial charge in [0.2, 0.25) is 0 Å². The van der Waals surface area contributed by atoms with Crippen LogP contribution in [0.15, 0.2) is 36.4 Å². The lowest BCUT2D eigenvalue weighted by molar-refractivity contribution is 0.479. The summed E-state index contributed by atoms with van der Waals surface area (Å²) < 4.78 is 5.82. The van der Waals surface area contributed by atoms with Gasteiger partial charge in [0.1, 0.15) is 11.5 Å². The Kier molecular flexibility index (Phi) is 4.70. The first-order valence-electron chi connectivity index (χ1n) is 5.97. The van der Waals surface area contributed by atoms with Crippen molar-refractivity contribution >= 4 is 23.2 Å². The molecule has 0 unspecified atom stereocenters. The van der Waals surface area contributed by atoms with Gasteiger partial charge in [-0.3, -0.25) is 0 Å². The molecule has 0 radical (unpaired) electrons. The summed E-state index contributed by atoms with van der Waals surface area (Å²) in [6, 6.07) is 11.3. The number of ether oxygens (including phenoxy) is 1. The summed E-state index contributed by atoms with van der Waals surface area (Å²) in [7, 11) is 1.90. The smallest absolute Gasteiger partial charge is 0.146 e. The van der Waals surface area contributed by atoms with E-state index < -0.39 is 0 Å². The van der Waals surface area contributed by atoms with Gasteiger partial charge in [0, 0.05) is 11.6 Å². The second-order valence-corrected chi connectivity index (χ2v) is 5.15. The van der Waals surface area contributed by atoms with Crippen molar-refractivity contribution in [1.29, 1.82) is 0 Å². The number of hydrogen-bond acceptors (Lipinski definition) is 2. The Morgan fingerprint density at radius 2 is 1.84 bits per heavy atom. The molecule has 0 fully saturated rings. The monoisotopic (exact) mass is 295 g/mol. The quantitative estimate of drug-likeness (QED) is 0.874. The number of rotatable bonds is 4. The first-order valence-corrected chi connectivity index (χ1v) is 6.73. The predicted molar refractivity (Wildman–Crippen MR) is 80.5 cm³/mol. The largest absolute Gasteiger partial charge is 0.455 e. The van der Waals surface area contributed by atoms with Crippen LogP contribution in [0.3, 0.4) is 0 Å². The minimum atomic E-state index is 0.590. The molecule has 2 rings (SSSR count). The number of hydrogen-bond donors (Lipinski definition) is 1. The van der Waals surface area contributed by atoms with E-state index in [1.807, 2.05) is 44.3 Å². The maximum atomic E-state index is 6.22. The molecule has 100 valence electrons. The Morgan fingerprint density at radius 1 is 1.05 bits per heavy atom. The number of benzene rings is 2. The molecule has 0 aliphatic heterocycles. The van der Waals surface area contributed by atoms with Crippen LogP contribution in [0, 0.1) is 6.92 Å². The van der Waals surface area contributed by atoms with E-state index in [4.69, 9.17) is 27.9 Å². The van der Waals surface area contributed by atoms with Crippen LogP contribution in [0.2, 0.25) is 10.0 Å². The summed E-state index contributed by atoms with van der Waals surface area (Å²) in [6.45, 7) is 2.74. The zero-order valence-corrected chi connectivity index (χ0v) is 12.3. The third-order valence-corrected chi connectivity index (χ3v) is 3.28. The van der Waals surface area contributed by atoms with Gasteiger partial charge < -0.3 is 10.1 Å². The minimum Gasteiger partial charge on any atom is -0.455 e. The molecular formula is C15H15Cl2NO. The van der Waals surface area contributed by atoms with Gasteiger partial charge in [0.05, 0.1) is 5.02 Å². The highest BCUT2D eigenvalue weighted by molar-refractivity contribution is 6.32. The van der Waals surface area contributed by atoms with Gasteiger partial charge in [-0.05, 0) is 49.4 Å². The number of aryl methyl sites for hydroxylation is 1. The summed E-state index contributed by atoms with van der Waals surface area (Å²) in [5.74, 6) is 1.35. The molecule has 0 bridgehead atoms. The van der Waals surface area contributed by atoms with Gasteiger partial charge in [-0.25, -0.2) is 0 Å². The molecule has 0 amide bonds.